The molecule has 0 atom stereocenters. The lowest BCUT2D eigenvalue weighted by Crippen LogP contribution is -2.47. The molecule has 4 rings (SSSR count). The zero-order valence-electron chi connectivity index (χ0n) is 16.6. The summed E-state index contributed by atoms with van der Waals surface area (Å²) in [6, 6.07) is 8.72. The Bertz CT molecular complexity index is 795. The first-order valence-corrected chi connectivity index (χ1v) is 11.2. The number of carboxylic acid groups (broad SMARTS) is 1. The SMILES string of the molecule is CN(C(=O)O)C1CCC(CCN2CCN(c3nsc4ccccc34)CC2)CC1. The van der Waals surface area contributed by atoms with Crippen molar-refractivity contribution in [2.45, 2.75) is 38.1 Å². The highest BCUT2D eigenvalue weighted by atomic mass is 32.1. The number of nitrogens with zero attached hydrogens (tertiary/aromatic N) is 4. The number of amides is 1. The summed E-state index contributed by atoms with van der Waals surface area (Å²) in [7, 11) is 1.71. The van der Waals surface area contributed by atoms with Crippen LogP contribution < -0.4 is 4.90 Å². The second-order valence-electron chi connectivity index (χ2n) is 8.19. The monoisotopic (exact) mass is 402 g/mol. The summed E-state index contributed by atoms with van der Waals surface area (Å²) in [6.07, 6.45) is 4.79. The van der Waals surface area contributed by atoms with Gasteiger partial charge in [0.1, 0.15) is 5.82 Å². The summed E-state index contributed by atoms with van der Waals surface area (Å²) in [5.74, 6) is 1.90. The normalized spacial score (nSPS) is 23.8. The summed E-state index contributed by atoms with van der Waals surface area (Å²) in [5.41, 5.74) is 0. The molecule has 2 aliphatic rings. The van der Waals surface area contributed by atoms with Crippen LogP contribution in [0.4, 0.5) is 10.6 Å². The van der Waals surface area contributed by atoms with Crippen molar-refractivity contribution >= 4 is 33.5 Å². The Hall–Kier alpha value is -1.86. The predicted molar refractivity (Wildman–Crippen MR) is 114 cm³/mol. The number of piperazine rings is 1. The van der Waals surface area contributed by atoms with Crippen LogP contribution in [0.2, 0.25) is 0 Å². The number of hydrogen-bond donors (Lipinski definition) is 1. The van der Waals surface area contributed by atoms with Gasteiger partial charge in [0.2, 0.25) is 0 Å². The van der Waals surface area contributed by atoms with Gasteiger partial charge < -0.3 is 14.9 Å². The van der Waals surface area contributed by atoms with Crippen LogP contribution in [0.1, 0.15) is 32.1 Å². The zero-order valence-corrected chi connectivity index (χ0v) is 17.4. The Morgan fingerprint density at radius 2 is 1.89 bits per heavy atom. The number of anilines is 1. The van der Waals surface area contributed by atoms with E-state index >= 15 is 0 Å². The summed E-state index contributed by atoms with van der Waals surface area (Å²) in [4.78, 5) is 17.6. The summed E-state index contributed by atoms with van der Waals surface area (Å²) < 4.78 is 5.97. The zero-order chi connectivity index (χ0) is 19.5. The van der Waals surface area contributed by atoms with E-state index in [0.29, 0.717) is 0 Å². The van der Waals surface area contributed by atoms with Gasteiger partial charge in [0, 0.05) is 44.7 Å². The molecule has 2 aromatic rings. The third kappa shape index (κ3) is 4.25. The van der Waals surface area contributed by atoms with Crippen LogP contribution in [0.5, 0.6) is 0 Å². The maximum atomic E-state index is 11.1. The van der Waals surface area contributed by atoms with E-state index in [0.717, 1.165) is 70.1 Å². The van der Waals surface area contributed by atoms with Gasteiger partial charge in [-0.25, -0.2) is 4.79 Å². The highest BCUT2D eigenvalue weighted by Crippen LogP contribution is 2.31. The summed E-state index contributed by atoms with van der Waals surface area (Å²) in [5, 5.41) is 10.4. The second-order valence-corrected chi connectivity index (χ2v) is 8.99. The van der Waals surface area contributed by atoms with Crippen LogP contribution >= 0.6 is 11.5 Å². The quantitative estimate of drug-likeness (QED) is 0.820. The minimum absolute atomic E-state index is 0.213. The molecule has 1 aromatic heterocycles. The Morgan fingerprint density at radius 3 is 2.61 bits per heavy atom. The molecule has 2 heterocycles. The van der Waals surface area contributed by atoms with Crippen molar-refractivity contribution in [2.75, 3.05) is 44.7 Å². The predicted octanol–water partition coefficient (Wildman–Crippen LogP) is 3.98. The molecule has 6 nitrogen and oxygen atoms in total. The van der Waals surface area contributed by atoms with Crippen LogP contribution in [-0.2, 0) is 0 Å². The van der Waals surface area contributed by atoms with Crippen molar-refractivity contribution < 1.29 is 9.90 Å². The van der Waals surface area contributed by atoms with Gasteiger partial charge >= 0.3 is 6.09 Å². The molecule has 2 fully saturated rings. The van der Waals surface area contributed by atoms with Crippen molar-refractivity contribution in [1.29, 1.82) is 0 Å². The highest BCUT2D eigenvalue weighted by Gasteiger charge is 2.27. The van der Waals surface area contributed by atoms with Gasteiger partial charge in [-0.3, -0.25) is 4.90 Å². The fourth-order valence-electron chi connectivity index (χ4n) is 4.63. The molecule has 1 aromatic carbocycles. The van der Waals surface area contributed by atoms with Gasteiger partial charge in [-0.1, -0.05) is 12.1 Å². The van der Waals surface area contributed by atoms with E-state index in [-0.39, 0.29) is 6.04 Å². The van der Waals surface area contributed by atoms with Gasteiger partial charge in [-0.15, -0.1) is 0 Å². The van der Waals surface area contributed by atoms with Gasteiger partial charge in [-0.2, -0.15) is 4.37 Å². The average Bonchev–Trinajstić information content (AvgIpc) is 3.16. The maximum absolute atomic E-state index is 11.1. The summed E-state index contributed by atoms with van der Waals surface area (Å²) >= 11 is 1.60. The van der Waals surface area contributed by atoms with Crippen LogP contribution in [0.3, 0.4) is 0 Å². The third-order valence-corrected chi connectivity index (χ3v) is 7.37. The van der Waals surface area contributed by atoms with Gasteiger partial charge in [0.15, 0.2) is 0 Å². The van der Waals surface area contributed by atoms with Crippen LogP contribution in [0, 0.1) is 5.92 Å². The molecule has 152 valence electrons. The highest BCUT2D eigenvalue weighted by molar-refractivity contribution is 7.13. The van der Waals surface area contributed by atoms with E-state index in [1.54, 1.807) is 18.6 Å². The Morgan fingerprint density at radius 1 is 1.18 bits per heavy atom. The van der Waals surface area contributed by atoms with E-state index in [2.05, 4.69) is 34.1 Å². The van der Waals surface area contributed by atoms with E-state index in [1.165, 1.54) is 21.4 Å². The van der Waals surface area contributed by atoms with Crippen LogP contribution in [0.25, 0.3) is 10.1 Å². The van der Waals surface area contributed by atoms with Crippen LogP contribution in [-0.4, -0.2) is 71.2 Å². The molecule has 28 heavy (non-hydrogen) atoms. The molecule has 0 spiro atoms. The number of benzene rings is 1. The molecule has 1 saturated heterocycles. The standard InChI is InChI=1S/C21H30N4O2S/c1-23(21(26)27)17-8-6-16(7-9-17)10-11-24-12-14-25(15-13-24)20-18-4-2-3-5-19(18)28-22-20/h2-5,16-17H,6-15H2,1H3,(H,26,27). The largest absolute Gasteiger partial charge is 0.465 e. The van der Waals surface area contributed by atoms with E-state index in [1.807, 2.05) is 0 Å². The van der Waals surface area contributed by atoms with Gasteiger partial charge in [0.25, 0.3) is 0 Å². The van der Waals surface area contributed by atoms with Gasteiger partial charge in [-0.05, 0) is 68.2 Å². The molecule has 1 saturated carbocycles. The fourth-order valence-corrected chi connectivity index (χ4v) is 5.42. The van der Waals surface area contributed by atoms with E-state index < -0.39 is 6.09 Å². The average molecular weight is 403 g/mol. The summed E-state index contributed by atoms with van der Waals surface area (Å²) in [6.45, 7) is 5.45. The molecule has 0 bridgehead atoms. The number of rotatable bonds is 5. The number of fused-ring (bicyclic) bond motifs is 1. The molecule has 0 radical (unpaired) electrons. The molecule has 1 N–H and O–H groups in total. The van der Waals surface area contributed by atoms with Crippen molar-refractivity contribution in [2.24, 2.45) is 5.92 Å². The van der Waals surface area contributed by atoms with E-state index in [9.17, 15) is 4.79 Å². The first-order valence-electron chi connectivity index (χ1n) is 10.4. The number of hydrogen-bond acceptors (Lipinski definition) is 5. The van der Waals surface area contributed by atoms with Crippen molar-refractivity contribution in [3.05, 3.63) is 24.3 Å². The lowest BCUT2D eigenvalue weighted by atomic mass is 9.83. The maximum Gasteiger partial charge on any atom is 0.407 e. The number of carbonyl (C=O) groups is 1. The molecule has 1 aliphatic heterocycles. The minimum atomic E-state index is -0.797. The smallest absolute Gasteiger partial charge is 0.407 e. The van der Waals surface area contributed by atoms with Crippen molar-refractivity contribution in [3.63, 3.8) is 0 Å². The second kappa shape index (κ2) is 8.66. The topological polar surface area (TPSA) is 59.9 Å². The molecule has 7 heteroatoms. The van der Waals surface area contributed by atoms with Gasteiger partial charge in [0.05, 0.1) is 4.70 Å². The van der Waals surface area contributed by atoms with Crippen LogP contribution in [0.15, 0.2) is 24.3 Å². The lowest BCUT2D eigenvalue weighted by Gasteiger charge is -2.37. The first-order chi connectivity index (χ1) is 13.6. The molecular formula is C21H30N4O2S. The first kappa shape index (κ1) is 19.5. The Kier molecular flexibility index (Phi) is 6.01. The molecule has 1 aliphatic carbocycles. The van der Waals surface area contributed by atoms with Crippen molar-refractivity contribution in [1.82, 2.24) is 14.2 Å². The van der Waals surface area contributed by atoms with E-state index in [4.69, 9.17) is 9.48 Å². The number of aromatic nitrogens is 1. The molecule has 0 unspecified atom stereocenters. The Balaban J connectivity index is 1.21. The molecule has 1 amide bonds. The molecular weight excluding hydrogens is 372 g/mol. The lowest BCUT2D eigenvalue weighted by molar-refractivity contribution is 0.115. The van der Waals surface area contributed by atoms with Crippen molar-refractivity contribution in [3.8, 4) is 0 Å². The fraction of sp³-hybridized carbons (Fsp3) is 0.619. The minimum Gasteiger partial charge on any atom is -0.465 e. The third-order valence-electron chi connectivity index (χ3n) is 6.55. The Labute approximate surface area is 170 Å².